The minimum Gasteiger partial charge on any atom is -0.444 e. The van der Waals surface area contributed by atoms with Crippen LogP contribution in [0.2, 0.25) is 0 Å². The molecule has 1 aromatic heterocycles. The number of para-hydroxylation sites is 1. The molecule has 1 aromatic carbocycles. The summed E-state index contributed by atoms with van der Waals surface area (Å²) < 4.78 is 7.51. The first-order valence-corrected chi connectivity index (χ1v) is 9.56. The molecule has 142 valence electrons. The number of benzene rings is 1. The van der Waals surface area contributed by atoms with Crippen LogP contribution in [0.25, 0.3) is 16.5 Å². The Balaban J connectivity index is 1.63. The molecule has 5 nitrogen and oxygen atoms in total. The Morgan fingerprint density at radius 2 is 1.78 bits per heavy atom. The smallest absolute Gasteiger partial charge is 0.410 e. The Labute approximate surface area is 159 Å². The second kappa shape index (κ2) is 6.25. The van der Waals surface area contributed by atoms with E-state index in [0.717, 1.165) is 35.0 Å². The molecule has 1 amide bonds. The Hall–Kier alpha value is -2.56. The molecule has 27 heavy (non-hydrogen) atoms. The molecule has 1 aliphatic heterocycles. The number of amides is 1. The number of allylic oxidation sites excluding steroid dienone is 1. The molecule has 1 aliphatic carbocycles. The minimum atomic E-state index is -0.481. The third-order valence-corrected chi connectivity index (χ3v) is 5.46. The van der Waals surface area contributed by atoms with Crippen LogP contribution in [0.1, 0.15) is 56.1 Å². The molecule has 0 saturated carbocycles. The van der Waals surface area contributed by atoms with Crippen LogP contribution in [0, 0.1) is 0 Å². The van der Waals surface area contributed by atoms with E-state index in [1.54, 1.807) is 4.90 Å². The van der Waals surface area contributed by atoms with Crippen molar-refractivity contribution in [2.45, 2.75) is 45.6 Å². The first kappa shape index (κ1) is 17.8. The van der Waals surface area contributed by atoms with Crippen molar-refractivity contribution in [3.8, 4) is 0 Å². The number of hydrogen-bond acceptors (Lipinski definition) is 3. The highest BCUT2D eigenvalue weighted by Gasteiger charge is 2.34. The van der Waals surface area contributed by atoms with Gasteiger partial charge in [0.25, 0.3) is 0 Å². The molecule has 0 spiro atoms. The van der Waals surface area contributed by atoms with E-state index in [9.17, 15) is 9.59 Å². The van der Waals surface area contributed by atoms with Crippen molar-refractivity contribution in [2.24, 2.45) is 7.05 Å². The van der Waals surface area contributed by atoms with Crippen molar-refractivity contribution in [2.75, 3.05) is 13.1 Å². The van der Waals surface area contributed by atoms with Gasteiger partial charge in [-0.05, 0) is 45.3 Å². The SMILES string of the molecule is Cn1c2c(c3ccccc31)C(=C1CCN(C(=O)OC(C)(C)C)CC1)CC2=O. The van der Waals surface area contributed by atoms with Gasteiger partial charge in [-0.2, -0.15) is 0 Å². The first-order chi connectivity index (χ1) is 12.8. The highest BCUT2D eigenvalue weighted by Crippen LogP contribution is 2.43. The van der Waals surface area contributed by atoms with Crippen LogP contribution < -0.4 is 0 Å². The van der Waals surface area contributed by atoms with Crippen LogP contribution in [0.4, 0.5) is 4.79 Å². The first-order valence-electron chi connectivity index (χ1n) is 9.56. The molecular weight excluding hydrogens is 340 g/mol. The van der Waals surface area contributed by atoms with E-state index in [4.69, 9.17) is 4.74 Å². The van der Waals surface area contributed by atoms with Gasteiger partial charge in [0.05, 0.1) is 5.69 Å². The van der Waals surface area contributed by atoms with Gasteiger partial charge in [0, 0.05) is 43.0 Å². The molecule has 4 rings (SSSR count). The van der Waals surface area contributed by atoms with Crippen molar-refractivity contribution in [3.63, 3.8) is 0 Å². The monoisotopic (exact) mass is 366 g/mol. The molecule has 0 radical (unpaired) electrons. The summed E-state index contributed by atoms with van der Waals surface area (Å²) in [4.78, 5) is 26.8. The van der Waals surface area contributed by atoms with Gasteiger partial charge in [0.15, 0.2) is 5.78 Å². The zero-order valence-corrected chi connectivity index (χ0v) is 16.5. The van der Waals surface area contributed by atoms with Gasteiger partial charge in [-0.1, -0.05) is 23.8 Å². The number of likely N-dealkylation sites (tertiary alicyclic amines) is 1. The normalized spacial score (nSPS) is 17.6. The van der Waals surface area contributed by atoms with E-state index >= 15 is 0 Å². The molecule has 0 N–H and O–H groups in total. The van der Waals surface area contributed by atoms with Crippen molar-refractivity contribution in [1.29, 1.82) is 0 Å². The molecule has 2 aliphatic rings. The fourth-order valence-electron chi connectivity index (χ4n) is 4.25. The number of nitrogens with zero attached hydrogens (tertiary/aromatic N) is 2. The molecule has 1 saturated heterocycles. The summed E-state index contributed by atoms with van der Waals surface area (Å²) in [6.07, 6.45) is 1.82. The molecule has 5 heteroatoms. The lowest BCUT2D eigenvalue weighted by Gasteiger charge is -2.31. The third-order valence-electron chi connectivity index (χ3n) is 5.46. The van der Waals surface area contributed by atoms with Crippen molar-refractivity contribution in [3.05, 3.63) is 41.1 Å². The summed E-state index contributed by atoms with van der Waals surface area (Å²) in [6, 6.07) is 8.20. The summed E-state index contributed by atoms with van der Waals surface area (Å²) in [5.41, 5.74) is 5.03. The number of Topliss-reactive ketones (excluding diaryl/α,β-unsaturated/α-hetero) is 1. The molecule has 2 heterocycles. The van der Waals surface area contributed by atoms with Crippen molar-refractivity contribution in [1.82, 2.24) is 9.47 Å². The molecule has 1 fully saturated rings. The number of carbonyl (C=O) groups is 2. The average Bonchev–Trinajstić information content (AvgIpc) is 3.11. The zero-order valence-electron chi connectivity index (χ0n) is 16.5. The Bertz CT molecular complexity index is 965. The van der Waals surface area contributed by atoms with Gasteiger partial charge in [-0.25, -0.2) is 4.79 Å². The van der Waals surface area contributed by atoms with Crippen LogP contribution >= 0.6 is 0 Å². The second-order valence-electron chi connectivity index (χ2n) is 8.45. The van der Waals surface area contributed by atoms with Crippen molar-refractivity contribution >= 4 is 28.4 Å². The number of aromatic nitrogens is 1. The lowest BCUT2D eigenvalue weighted by Crippen LogP contribution is -2.40. The number of ketones is 1. The largest absolute Gasteiger partial charge is 0.444 e. The average molecular weight is 366 g/mol. The van der Waals surface area contributed by atoms with E-state index in [1.165, 1.54) is 11.1 Å². The van der Waals surface area contributed by atoms with E-state index in [0.29, 0.717) is 19.5 Å². The predicted octanol–water partition coefficient (Wildman–Crippen LogP) is 4.55. The predicted molar refractivity (Wildman–Crippen MR) is 106 cm³/mol. The quantitative estimate of drug-likeness (QED) is 0.687. The third kappa shape index (κ3) is 3.05. The number of ether oxygens (including phenoxy) is 1. The van der Waals surface area contributed by atoms with Gasteiger partial charge in [-0.3, -0.25) is 4.79 Å². The standard InChI is InChI=1S/C22H26N2O3/c1-22(2,3)27-21(26)24-11-9-14(10-12-24)16-13-18(25)20-19(16)15-7-5-6-8-17(15)23(20)4/h5-8H,9-13H2,1-4H3. The number of hydrogen-bond donors (Lipinski definition) is 0. The van der Waals surface area contributed by atoms with Gasteiger partial charge < -0.3 is 14.2 Å². The lowest BCUT2D eigenvalue weighted by atomic mass is 9.93. The number of aryl methyl sites for hydroxylation is 1. The van der Waals surface area contributed by atoms with Crippen molar-refractivity contribution < 1.29 is 14.3 Å². The number of fused-ring (bicyclic) bond motifs is 3. The van der Waals surface area contributed by atoms with Crippen LogP contribution in [0.5, 0.6) is 0 Å². The molecule has 0 unspecified atom stereocenters. The number of rotatable bonds is 0. The van der Waals surface area contributed by atoms with Gasteiger partial charge in [-0.15, -0.1) is 0 Å². The Morgan fingerprint density at radius 3 is 2.44 bits per heavy atom. The van der Waals surface area contributed by atoms with E-state index in [-0.39, 0.29) is 11.9 Å². The maximum Gasteiger partial charge on any atom is 0.410 e. The number of piperidine rings is 1. The van der Waals surface area contributed by atoms with Crippen LogP contribution in [-0.4, -0.2) is 40.0 Å². The van der Waals surface area contributed by atoms with Gasteiger partial charge in [0.2, 0.25) is 0 Å². The van der Waals surface area contributed by atoms with Crippen LogP contribution in [0.15, 0.2) is 29.8 Å². The maximum atomic E-state index is 12.7. The second-order valence-corrected chi connectivity index (χ2v) is 8.45. The fraction of sp³-hybridized carbons (Fsp3) is 0.455. The minimum absolute atomic E-state index is 0.195. The summed E-state index contributed by atoms with van der Waals surface area (Å²) in [5.74, 6) is 0.195. The van der Waals surface area contributed by atoms with E-state index < -0.39 is 5.60 Å². The Kier molecular flexibility index (Phi) is 4.13. The van der Waals surface area contributed by atoms with Gasteiger partial charge >= 0.3 is 6.09 Å². The summed E-state index contributed by atoms with van der Waals surface area (Å²) in [7, 11) is 1.97. The molecule has 0 atom stereocenters. The highest BCUT2D eigenvalue weighted by atomic mass is 16.6. The molecule has 0 bridgehead atoms. The van der Waals surface area contributed by atoms with Crippen LogP contribution in [-0.2, 0) is 11.8 Å². The molecular formula is C22H26N2O3. The highest BCUT2D eigenvalue weighted by molar-refractivity contribution is 6.17. The lowest BCUT2D eigenvalue weighted by molar-refractivity contribution is 0.0236. The summed E-state index contributed by atoms with van der Waals surface area (Å²) in [6.45, 7) is 6.93. The fourth-order valence-corrected chi connectivity index (χ4v) is 4.25. The summed E-state index contributed by atoms with van der Waals surface area (Å²) >= 11 is 0. The van der Waals surface area contributed by atoms with Crippen LogP contribution in [0.3, 0.4) is 0 Å². The Morgan fingerprint density at radius 1 is 1.11 bits per heavy atom. The number of carbonyl (C=O) groups excluding carboxylic acids is 2. The van der Waals surface area contributed by atoms with Gasteiger partial charge in [0.1, 0.15) is 5.60 Å². The van der Waals surface area contributed by atoms with E-state index in [1.807, 2.05) is 44.5 Å². The van der Waals surface area contributed by atoms with E-state index in [2.05, 4.69) is 12.1 Å². The maximum absolute atomic E-state index is 12.7. The zero-order chi connectivity index (χ0) is 19.3. The topological polar surface area (TPSA) is 51.5 Å². The molecule has 2 aromatic rings. The summed E-state index contributed by atoms with van der Waals surface area (Å²) in [5, 5.41) is 1.15.